The lowest BCUT2D eigenvalue weighted by Gasteiger charge is -2.39. The van der Waals surface area contributed by atoms with Crippen molar-refractivity contribution in [2.45, 2.75) is 70.2 Å². The van der Waals surface area contributed by atoms with Gasteiger partial charge in [0.25, 0.3) is 0 Å². The Morgan fingerprint density at radius 1 is 1.03 bits per heavy atom. The molecule has 0 N–H and O–H groups in total. The number of hydrogen-bond acceptors (Lipinski definition) is 6. The Bertz CT molecular complexity index is 1480. The first-order valence-electron chi connectivity index (χ1n) is 13.5. The predicted molar refractivity (Wildman–Crippen MR) is 151 cm³/mol. The highest BCUT2D eigenvalue weighted by Gasteiger charge is 2.53. The molecule has 2 unspecified atom stereocenters. The summed E-state index contributed by atoms with van der Waals surface area (Å²) in [5, 5.41) is 0. The molecule has 1 aliphatic carbocycles. The largest absolute Gasteiger partial charge is 0.454 e. The number of fused-ring (bicyclic) bond motifs is 3. The zero-order chi connectivity index (χ0) is 28.4. The van der Waals surface area contributed by atoms with Crippen LogP contribution < -0.4 is 4.90 Å². The number of ketones is 1. The highest BCUT2D eigenvalue weighted by Crippen LogP contribution is 2.53. The van der Waals surface area contributed by atoms with Gasteiger partial charge in [-0.3, -0.25) is 4.79 Å². The van der Waals surface area contributed by atoms with Crippen LogP contribution in [0.4, 0.5) is 5.69 Å². The Morgan fingerprint density at radius 3 is 2.46 bits per heavy atom. The van der Waals surface area contributed by atoms with Crippen molar-refractivity contribution >= 4 is 27.5 Å². The van der Waals surface area contributed by atoms with Gasteiger partial charge in [-0.2, -0.15) is 4.31 Å². The normalized spacial score (nSPS) is 26.5. The molecule has 2 bridgehead atoms. The van der Waals surface area contributed by atoms with Crippen LogP contribution in [0.1, 0.15) is 69.8 Å². The van der Waals surface area contributed by atoms with Crippen molar-refractivity contribution in [3.63, 3.8) is 0 Å². The molecule has 2 aromatic carbocycles. The molecule has 0 radical (unpaired) electrons. The first-order chi connectivity index (χ1) is 18.1. The fourth-order valence-corrected chi connectivity index (χ4v) is 9.10. The standard InChI is InChI=1S/C31H38N2O5S/c1-29(2)16-22-17-31(5,19-29)20-33(22)39(36,37)24-11-9-10-21(14-24)28(35)38-18-23(34)15-27-30(3,4)25-12-7-8-13-26(25)32(27)6/h7-15,22H,16-20H2,1-6H3/b27-15+. The molecule has 7 nitrogen and oxygen atoms in total. The fraction of sp³-hybridized carbons (Fsp3) is 0.484. The number of para-hydroxylation sites is 1. The predicted octanol–water partition coefficient (Wildman–Crippen LogP) is 5.31. The number of benzene rings is 2. The smallest absolute Gasteiger partial charge is 0.338 e. The van der Waals surface area contributed by atoms with E-state index in [0.717, 1.165) is 36.2 Å². The average Bonchev–Trinajstić information content (AvgIpc) is 3.24. The molecule has 2 heterocycles. The molecule has 0 spiro atoms. The molecule has 208 valence electrons. The van der Waals surface area contributed by atoms with E-state index in [1.165, 1.54) is 24.3 Å². The number of likely N-dealkylation sites (N-methyl/N-ethyl adjacent to an activating group) is 1. The number of carbonyl (C=O) groups excluding carboxylic acids is 2. The van der Waals surface area contributed by atoms with E-state index in [2.05, 4.69) is 40.7 Å². The van der Waals surface area contributed by atoms with Gasteiger partial charge in [-0.05, 0) is 59.9 Å². The van der Waals surface area contributed by atoms with Crippen LogP contribution in [-0.2, 0) is 25.0 Å². The molecule has 5 rings (SSSR count). The van der Waals surface area contributed by atoms with Crippen LogP contribution in [0.2, 0.25) is 0 Å². The first-order valence-corrected chi connectivity index (χ1v) is 14.9. The number of hydrogen-bond donors (Lipinski definition) is 0. The van der Waals surface area contributed by atoms with Crippen molar-refractivity contribution in [1.29, 1.82) is 0 Å². The van der Waals surface area contributed by atoms with Gasteiger partial charge in [-0.15, -0.1) is 0 Å². The van der Waals surface area contributed by atoms with Crippen molar-refractivity contribution in [3.8, 4) is 0 Å². The van der Waals surface area contributed by atoms with E-state index in [0.29, 0.717) is 6.54 Å². The molecule has 0 amide bonds. The van der Waals surface area contributed by atoms with Gasteiger partial charge in [-0.25, -0.2) is 13.2 Å². The van der Waals surface area contributed by atoms with Gasteiger partial charge in [0.05, 0.1) is 10.5 Å². The van der Waals surface area contributed by atoms with Gasteiger partial charge in [0.15, 0.2) is 12.4 Å². The lowest BCUT2D eigenvalue weighted by molar-refractivity contribution is -0.117. The molecule has 2 atom stereocenters. The van der Waals surface area contributed by atoms with Crippen molar-refractivity contribution in [1.82, 2.24) is 4.31 Å². The lowest BCUT2D eigenvalue weighted by atomic mass is 9.65. The summed E-state index contributed by atoms with van der Waals surface area (Å²) in [5.74, 6) is -1.07. The SMILES string of the molecule is CN1/C(=C/C(=O)COC(=O)c2cccc(S(=O)(=O)N3CC4(C)CC3CC(C)(C)C4)c2)C(C)(C)c2ccccc21. The van der Waals surface area contributed by atoms with E-state index in [1.54, 1.807) is 10.4 Å². The highest BCUT2D eigenvalue weighted by atomic mass is 32.2. The Balaban J connectivity index is 1.29. The summed E-state index contributed by atoms with van der Waals surface area (Å²) in [4.78, 5) is 27.7. The molecular formula is C31H38N2O5S. The molecule has 1 saturated heterocycles. The zero-order valence-electron chi connectivity index (χ0n) is 23.7. The minimum atomic E-state index is -3.79. The number of anilines is 1. The fourth-order valence-electron chi connectivity index (χ4n) is 7.28. The van der Waals surface area contributed by atoms with Gasteiger partial charge in [-0.1, -0.05) is 58.9 Å². The van der Waals surface area contributed by atoms with Crippen LogP contribution in [0, 0.1) is 10.8 Å². The summed E-state index contributed by atoms with van der Waals surface area (Å²) in [5.41, 5.74) is 2.77. The molecule has 3 aliphatic rings. The second kappa shape index (κ2) is 9.30. The molecule has 2 fully saturated rings. The molecular weight excluding hydrogens is 512 g/mol. The van der Waals surface area contributed by atoms with Gasteiger partial charge in [0, 0.05) is 42.5 Å². The summed E-state index contributed by atoms with van der Waals surface area (Å²) >= 11 is 0. The van der Waals surface area contributed by atoms with Crippen LogP contribution in [0.5, 0.6) is 0 Å². The van der Waals surface area contributed by atoms with Crippen LogP contribution in [-0.4, -0.2) is 50.7 Å². The van der Waals surface area contributed by atoms with Crippen molar-refractivity contribution in [3.05, 3.63) is 71.4 Å². The maximum atomic E-state index is 13.7. The number of allylic oxidation sites excluding steroid dienone is 1. The highest BCUT2D eigenvalue weighted by molar-refractivity contribution is 7.89. The van der Waals surface area contributed by atoms with Crippen LogP contribution in [0.25, 0.3) is 0 Å². The molecule has 0 aromatic heterocycles. The van der Waals surface area contributed by atoms with E-state index >= 15 is 0 Å². The number of ether oxygens (including phenoxy) is 1. The lowest BCUT2D eigenvalue weighted by Crippen LogP contribution is -2.37. The van der Waals surface area contributed by atoms with Crippen LogP contribution >= 0.6 is 0 Å². The van der Waals surface area contributed by atoms with Crippen LogP contribution in [0.15, 0.2) is 65.2 Å². The monoisotopic (exact) mass is 550 g/mol. The Labute approximate surface area is 231 Å². The van der Waals surface area contributed by atoms with Gasteiger partial charge in [0.2, 0.25) is 10.0 Å². The number of rotatable bonds is 6. The maximum absolute atomic E-state index is 13.7. The van der Waals surface area contributed by atoms with Crippen molar-refractivity contribution in [2.75, 3.05) is 25.1 Å². The van der Waals surface area contributed by atoms with E-state index in [4.69, 9.17) is 4.74 Å². The quantitative estimate of drug-likeness (QED) is 0.358. The molecule has 1 saturated carbocycles. The second-order valence-corrected chi connectivity index (χ2v) is 15.0. The Morgan fingerprint density at radius 2 is 1.74 bits per heavy atom. The Kier molecular flexibility index (Phi) is 6.58. The van der Waals surface area contributed by atoms with Gasteiger partial charge < -0.3 is 9.64 Å². The third kappa shape index (κ3) is 4.93. The van der Waals surface area contributed by atoms with E-state index < -0.39 is 22.6 Å². The minimum Gasteiger partial charge on any atom is -0.454 e. The number of esters is 1. The third-order valence-corrected chi connectivity index (χ3v) is 10.5. The first kappa shape index (κ1) is 27.6. The second-order valence-electron chi connectivity index (χ2n) is 13.1. The summed E-state index contributed by atoms with van der Waals surface area (Å²) in [7, 11) is -1.87. The molecule has 2 aliphatic heterocycles. The van der Waals surface area contributed by atoms with E-state index in [-0.39, 0.29) is 38.5 Å². The average molecular weight is 551 g/mol. The number of sulfonamides is 1. The van der Waals surface area contributed by atoms with Gasteiger partial charge >= 0.3 is 5.97 Å². The summed E-state index contributed by atoms with van der Waals surface area (Å²) in [6.45, 7) is 10.7. The van der Waals surface area contributed by atoms with Crippen molar-refractivity contribution < 1.29 is 22.7 Å². The summed E-state index contributed by atoms with van der Waals surface area (Å²) in [6, 6.07) is 13.9. The summed E-state index contributed by atoms with van der Waals surface area (Å²) in [6.07, 6.45) is 4.18. The van der Waals surface area contributed by atoms with Crippen molar-refractivity contribution in [2.24, 2.45) is 10.8 Å². The third-order valence-electron chi connectivity index (χ3n) is 8.63. The molecule has 39 heavy (non-hydrogen) atoms. The summed E-state index contributed by atoms with van der Waals surface area (Å²) < 4.78 is 34.3. The van der Waals surface area contributed by atoms with E-state index in [9.17, 15) is 18.0 Å². The maximum Gasteiger partial charge on any atom is 0.338 e. The molecule has 8 heteroatoms. The van der Waals surface area contributed by atoms with Crippen LogP contribution in [0.3, 0.4) is 0 Å². The number of nitrogens with zero attached hydrogens (tertiary/aromatic N) is 2. The molecule has 2 aromatic rings. The van der Waals surface area contributed by atoms with Gasteiger partial charge in [0.1, 0.15) is 0 Å². The minimum absolute atomic E-state index is 0.0471. The van der Waals surface area contributed by atoms with E-state index in [1.807, 2.05) is 30.1 Å². The topological polar surface area (TPSA) is 84.0 Å². The Hall–Kier alpha value is -2.97. The zero-order valence-corrected chi connectivity index (χ0v) is 24.5. The number of carbonyl (C=O) groups is 2.